The van der Waals surface area contributed by atoms with Crippen molar-refractivity contribution in [2.45, 2.75) is 18.9 Å². The van der Waals surface area contributed by atoms with Crippen molar-refractivity contribution in [2.24, 2.45) is 0 Å². The van der Waals surface area contributed by atoms with Crippen LogP contribution in [0, 0.1) is 0 Å². The zero-order valence-electron chi connectivity index (χ0n) is 23.3. The Balaban J connectivity index is 1.33. The number of anilines is 2. The van der Waals surface area contributed by atoms with E-state index in [0.717, 1.165) is 0 Å². The van der Waals surface area contributed by atoms with Gasteiger partial charge in [-0.15, -0.1) is 0 Å². The Morgan fingerprint density at radius 1 is 1.00 bits per heavy atom. The Hall–Kier alpha value is -5.29. The molecule has 2 N–H and O–H groups in total. The van der Waals surface area contributed by atoms with Gasteiger partial charge in [-0.1, -0.05) is 30.3 Å². The number of nitrogens with two attached hydrogens (primary N) is 1. The number of carbonyl (C=O) groups excluding carboxylic acids is 1. The summed E-state index contributed by atoms with van der Waals surface area (Å²) >= 11 is 0. The van der Waals surface area contributed by atoms with Crippen LogP contribution in [0.25, 0.3) is 22.7 Å². The summed E-state index contributed by atoms with van der Waals surface area (Å²) in [5.74, 6) is 1.48. The minimum Gasteiger partial charge on any atom is -0.456 e. The predicted octanol–water partition coefficient (Wildman–Crippen LogP) is 3.95. The van der Waals surface area contributed by atoms with Crippen molar-refractivity contribution in [3.63, 3.8) is 0 Å². The van der Waals surface area contributed by atoms with Gasteiger partial charge in [-0.05, 0) is 62.4 Å². The topological polar surface area (TPSA) is 124 Å². The first-order valence-corrected chi connectivity index (χ1v) is 13.6. The molecule has 11 nitrogen and oxygen atoms in total. The second kappa shape index (κ2) is 11.3. The quantitative estimate of drug-likeness (QED) is 0.268. The molecule has 0 atom stereocenters. The fraction of sp³-hybridized carbons (Fsp3) is 0.194. The molecule has 6 rings (SSSR count). The average molecular weight is 563 g/mol. The third-order valence-electron chi connectivity index (χ3n) is 7.21. The smallest absolute Gasteiger partial charge is 0.340 e. The van der Waals surface area contributed by atoms with E-state index in [4.69, 9.17) is 10.5 Å². The van der Waals surface area contributed by atoms with Crippen LogP contribution < -0.4 is 21.1 Å². The molecule has 1 saturated carbocycles. The van der Waals surface area contributed by atoms with Crippen LogP contribution in [0.15, 0.2) is 96.2 Å². The summed E-state index contributed by atoms with van der Waals surface area (Å²) in [5, 5.41) is 0. The van der Waals surface area contributed by atoms with Crippen LogP contribution in [0.1, 0.15) is 12.8 Å². The minimum atomic E-state index is -0.435. The van der Waals surface area contributed by atoms with Gasteiger partial charge in [0, 0.05) is 31.4 Å². The highest BCUT2D eigenvalue weighted by Crippen LogP contribution is 2.27. The van der Waals surface area contributed by atoms with Gasteiger partial charge in [0.2, 0.25) is 5.91 Å². The Bertz CT molecular complexity index is 1830. The van der Waals surface area contributed by atoms with Crippen LogP contribution >= 0.6 is 0 Å². The summed E-state index contributed by atoms with van der Waals surface area (Å²) in [4.78, 5) is 43.6. The molecule has 0 bridgehead atoms. The van der Waals surface area contributed by atoms with Gasteiger partial charge < -0.3 is 15.4 Å². The molecule has 1 aliphatic carbocycles. The van der Waals surface area contributed by atoms with E-state index in [1.54, 1.807) is 43.5 Å². The maximum absolute atomic E-state index is 13.9. The number of likely N-dealkylation sites (N-methyl/N-ethyl adjacent to an activating group) is 2. The highest BCUT2D eigenvalue weighted by Gasteiger charge is 2.25. The van der Waals surface area contributed by atoms with Crippen molar-refractivity contribution in [2.75, 3.05) is 31.3 Å². The predicted molar refractivity (Wildman–Crippen MR) is 161 cm³/mol. The number of benzene rings is 2. The number of nitrogen functional groups attached to an aromatic ring is 1. The number of para-hydroxylation sites is 1. The number of ether oxygens (including phenoxy) is 1. The first kappa shape index (κ1) is 26.9. The average Bonchev–Trinajstić information content (AvgIpc) is 3.81. The van der Waals surface area contributed by atoms with Crippen molar-refractivity contribution >= 4 is 28.6 Å². The van der Waals surface area contributed by atoms with E-state index in [0.29, 0.717) is 52.4 Å². The lowest BCUT2D eigenvalue weighted by Gasteiger charge is -2.17. The van der Waals surface area contributed by atoms with Gasteiger partial charge in [0.25, 0.3) is 0 Å². The van der Waals surface area contributed by atoms with Crippen molar-refractivity contribution in [3.05, 3.63) is 102 Å². The summed E-state index contributed by atoms with van der Waals surface area (Å²) in [6, 6.07) is 20.5. The number of amides is 1. The van der Waals surface area contributed by atoms with E-state index in [-0.39, 0.29) is 11.7 Å². The van der Waals surface area contributed by atoms with Crippen LogP contribution in [0.5, 0.6) is 11.5 Å². The number of rotatable bonds is 9. The second-order valence-corrected chi connectivity index (χ2v) is 10.1. The zero-order chi connectivity index (χ0) is 29.2. The summed E-state index contributed by atoms with van der Waals surface area (Å²) in [7, 11) is 3.76. The molecule has 1 fully saturated rings. The van der Waals surface area contributed by atoms with Gasteiger partial charge in [-0.2, -0.15) is 0 Å². The molecule has 0 spiro atoms. The number of imidazole rings is 1. The van der Waals surface area contributed by atoms with Crippen molar-refractivity contribution in [1.82, 2.24) is 29.0 Å². The maximum Gasteiger partial charge on any atom is 0.340 e. The van der Waals surface area contributed by atoms with E-state index in [9.17, 15) is 9.59 Å². The minimum absolute atomic E-state index is 0.131. The lowest BCUT2D eigenvalue weighted by Crippen LogP contribution is -2.26. The number of carbonyl (C=O) groups is 1. The Morgan fingerprint density at radius 3 is 2.55 bits per heavy atom. The Morgan fingerprint density at radius 2 is 1.81 bits per heavy atom. The van der Waals surface area contributed by atoms with Gasteiger partial charge in [0.05, 0.1) is 11.9 Å². The molecule has 11 heteroatoms. The fourth-order valence-electron chi connectivity index (χ4n) is 4.75. The molecule has 42 heavy (non-hydrogen) atoms. The second-order valence-electron chi connectivity index (χ2n) is 10.1. The van der Waals surface area contributed by atoms with Crippen molar-refractivity contribution in [3.8, 4) is 23.0 Å². The number of hydrogen-bond donors (Lipinski definition) is 1. The van der Waals surface area contributed by atoms with Crippen LogP contribution in [0.3, 0.4) is 0 Å². The molecule has 1 aliphatic rings. The van der Waals surface area contributed by atoms with Crippen molar-refractivity contribution < 1.29 is 9.53 Å². The lowest BCUT2D eigenvalue weighted by atomic mass is 10.2. The summed E-state index contributed by atoms with van der Waals surface area (Å²) < 4.78 is 8.65. The van der Waals surface area contributed by atoms with Gasteiger partial charge in [0.1, 0.15) is 29.2 Å². The van der Waals surface area contributed by atoms with Crippen LogP contribution in [0.2, 0.25) is 0 Å². The fourth-order valence-corrected chi connectivity index (χ4v) is 4.75. The van der Waals surface area contributed by atoms with Gasteiger partial charge in [-0.25, -0.2) is 28.9 Å². The van der Waals surface area contributed by atoms with Crippen molar-refractivity contribution in [1.29, 1.82) is 0 Å². The molecule has 0 unspecified atom stereocenters. The van der Waals surface area contributed by atoms with E-state index in [1.807, 2.05) is 42.5 Å². The monoisotopic (exact) mass is 562 g/mol. The molecule has 0 radical (unpaired) electrons. The summed E-state index contributed by atoms with van der Waals surface area (Å²) in [5.41, 5.74) is 7.59. The number of nitrogens with zero attached hydrogens (tertiary/aromatic N) is 7. The highest BCUT2D eigenvalue weighted by molar-refractivity contribution is 6.01. The normalized spacial score (nSPS) is 13.2. The summed E-state index contributed by atoms with van der Waals surface area (Å²) in [6.07, 6.45) is 8.72. The number of hydrogen-bond acceptors (Lipinski definition) is 8. The molecule has 2 aromatic carbocycles. The van der Waals surface area contributed by atoms with Gasteiger partial charge in [0.15, 0.2) is 11.5 Å². The number of aromatic nitrogens is 5. The van der Waals surface area contributed by atoms with Gasteiger partial charge >= 0.3 is 5.69 Å². The van der Waals surface area contributed by atoms with Gasteiger partial charge in [-0.3, -0.25) is 9.69 Å². The molecular formula is C31H30N8O3. The third-order valence-corrected chi connectivity index (χ3v) is 7.21. The zero-order valence-corrected chi connectivity index (χ0v) is 23.3. The molecule has 5 aromatic rings. The summed E-state index contributed by atoms with van der Waals surface area (Å²) in [6.45, 7) is 0.716. The van der Waals surface area contributed by atoms with Crippen LogP contribution in [-0.4, -0.2) is 61.6 Å². The molecule has 3 aromatic heterocycles. The molecule has 3 heterocycles. The number of pyridine rings is 1. The first-order valence-electron chi connectivity index (χ1n) is 13.6. The SMILES string of the molecule is CN(C(=O)C=CCN(C)C1CC1)c1cccc(-n2c(=O)n(-c3ccc(Oc4ccccc4)cn3)c3c(N)ncnc32)c1. The third kappa shape index (κ3) is 5.37. The van der Waals surface area contributed by atoms with Crippen LogP contribution in [-0.2, 0) is 4.79 Å². The number of fused-ring (bicyclic) bond motifs is 1. The Labute approximate surface area is 242 Å². The van der Waals surface area contributed by atoms with E-state index in [2.05, 4.69) is 26.9 Å². The molecule has 0 aliphatic heterocycles. The largest absolute Gasteiger partial charge is 0.456 e. The first-order chi connectivity index (χ1) is 20.4. The Kier molecular flexibility index (Phi) is 7.24. The highest BCUT2D eigenvalue weighted by atomic mass is 16.5. The lowest BCUT2D eigenvalue weighted by molar-refractivity contribution is -0.113. The molecular weight excluding hydrogens is 532 g/mol. The molecule has 1 amide bonds. The standard InChI is InChI=1S/C31H30N8O3/c1-36(21-13-14-21)17-7-12-27(40)37(2)22-8-6-9-23(18-22)38-30-28(29(32)34-20-35-30)39(31(38)41)26-16-15-25(19-33-26)42-24-10-4-3-5-11-24/h3-12,15-16,18-21H,13-14,17H2,1-2H3,(H2,32,34,35). The maximum atomic E-state index is 13.9. The van der Waals surface area contributed by atoms with E-state index in [1.165, 1.54) is 39.4 Å². The molecule has 212 valence electrons. The molecule has 0 saturated heterocycles. The van der Waals surface area contributed by atoms with E-state index >= 15 is 0 Å². The van der Waals surface area contributed by atoms with E-state index < -0.39 is 5.69 Å². The van der Waals surface area contributed by atoms with Crippen LogP contribution in [0.4, 0.5) is 11.5 Å².